The molecule has 136 valence electrons. The summed E-state index contributed by atoms with van der Waals surface area (Å²) < 4.78 is 0. The van der Waals surface area contributed by atoms with Crippen molar-refractivity contribution in [2.75, 3.05) is 12.4 Å². The lowest BCUT2D eigenvalue weighted by atomic mass is 9.91. The van der Waals surface area contributed by atoms with Crippen molar-refractivity contribution >= 4 is 17.3 Å². The molecule has 1 saturated carbocycles. The molecular weight excluding hydrogens is 330 g/mol. The zero-order valence-electron chi connectivity index (χ0n) is 14.8. The van der Waals surface area contributed by atoms with Crippen LogP contribution in [0, 0.1) is 16.0 Å². The summed E-state index contributed by atoms with van der Waals surface area (Å²) in [4.78, 5) is 22.9. The van der Waals surface area contributed by atoms with Gasteiger partial charge in [0.05, 0.1) is 11.0 Å². The average Bonchev–Trinajstić information content (AvgIpc) is 3.20. The average molecular weight is 353 g/mol. The summed E-state index contributed by atoms with van der Waals surface area (Å²) in [5, 5.41) is 17.5. The Balaban J connectivity index is 1.95. The molecule has 0 saturated heterocycles. The summed E-state index contributed by atoms with van der Waals surface area (Å²) in [6, 6.07) is 14.7. The Labute approximate surface area is 152 Å². The zero-order valence-corrected chi connectivity index (χ0v) is 14.8. The van der Waals surface area contributed by atoms with Crippen LogP contribution in [0.2, 0.25) is 0 Å². The van der Waals surface area contributed by atoms with Crippen LogP contribution in [0.5, 0.6) is 0 Å². The van der Waals surface area contributed by atoms with Gasteiger partial charge in [-0.25, -0.2) is 0 Å². The fourth-order valence-corrected chi connectivity index (χ4v) is 3.68. The highest BCUT2D eigenvalue weighted by atomic mass is 16.6. The van der Waals surface area contributed by atoms with Crippen molar-refractivity contribution in [3.8, 4) is 0 Å². The standard InChI is InChI=1S/C20H23N3O3/c1-21-20(24)16-11-12-17(18(13-16)23(25)26)22-19(15-9-5-6-10-15)14-7-3-2-4-8-14/h2-4,7-8,11-13,15,19,22H,5-6,9-10H2,1H3,(H,21,24). The van der Waals surface area contributed by atoms with E-state index in [4.69, 9.17) is 0 Å². The molecule has 0 aromatic heterocycles. The fourth-order valence-electron chi connectivity index (χ4n) is 3.68. The van der Waals surface area contributed by atoms with Crippen LogP contribution in [0.1, 0.15) is 47.6 Å². The van der Waals surface area contributed by atoms with E-state index in [1.807, 2.05) is 18.2 Å². The maximum atomic E-state index is 11.8. The van der Waals surface area contributed by atoms with Gasteiger partial charge in [-0.1, -0.05) is 43.2 Å². The number of carbonyl (C=O) groups excluding carboxylic acids is 1. The van der Waals surface area contributed by atoms with Gasteiger partial charge in [-0.05, 0) is 36.5 Å². The van der Waals surface area contributed by atoms with E-state index in [1.165, 1.54) is 26.0 Å². The maximum absolute atomic E-state index is 11.8. The van der Waals surface area contributed by atoms with Crippen molar-refractivity contribution in [1.29, 1.82) is 0 Å². The number of hydrogen-bond donors (Lipinski definition) is 2. The van der Waals surface area contributed by atoms with E-state index < -0.39 is 4.92 Å². The number of hydrogen-bond acceptors (Lipinski definition) is 4. The summed E-state index contributed by atoms with van der Waals surface area (Å²) >= 11 is 0. The largest absolute Gasteiger partial charge is 0.372 e. The van der Waals surface area contributed by atoms with Crippen molar-refractivity contribution in [2.24, 2.45) is 5.92 Å². The third-order valence-electron chi connectivity index (χ3n) is 5.02. The van der Waals surface area contributed by atoms with Crippen molar-refractivity contribution in [3.05, 3.63) is 69.8 Å². The van der Waals surface area contributed by atoms with Gasteiger partial charge in [-0.3, -0.25) is 14.9 Å². The van der Waals surface area contributed by atoms with E-state index in [9.17, 15) is 14.9 Å². The molecule has 1 unspecified atom stereocenters. The number of nitrogens with zero attached hydrogens (tertiary/aromatic N) is 1. The quantitative estimate of drug-likeness (QED) is 0.599. The van der Waals surface area contributed by atoms with E-state index in [1.54, 1.807) is 12.1 Å². The van der Waals surface area contributed by atoms with Crippen molar-refractivity contribution in [3.63, 3.8) is 0 Å². The molecular formula is C20H23N3O3. The van der Waals surface area contributed by atoms with Gasteiger partial charge < -0.3 is 10.6 Å². The third kappa shape index (κ3) is 3.85. The Morgan fingerprint density at radius 2 is 1.85 bits per heavy atom. The fraction of sp³-hybridized carbons (Fsp3) is 0.350. The lowest BCUT2D eigenvalue weighted by Crippen LogP contribution is -2.21. The molecule has 0 radical (unpaired) electrons. The monoisotopic (exact) mass is 353 g/mol. The summed E-state index contributed by atoms with van der Waals surface area (Å²) in [7, 11) is 1.51. The van der Waals surface area contributed by atoms with E-state index in [2.05, 4.69) is 22.8 Å². The summed E-state index contributed by atoms with van der Waals surface area (Å²) in [5.74, 6) is 0.102. The van der Waals surface area contributed by atoms with Crippen molar-refractivity contribution in [2.45, 2.75) is 31.7 Å². The Hall–Kier alpha value is -2.89. The van der Waals surface area contributed by atoms with Crippen LogP contribution in [0.25, 0.3) is 0 Å². The SMILES string of the molecule is CNC(=O)c1ccc(NC(c2ccccc2)C2CCCC2)c([N+](=O)[O-])c1. The van der Waals surface area contributed by atoms with Gasteiger partial charge in [0.25, 0.3) is 11.6 Å². The maximum Gasteiger partial charge on any atom is 0.293 e. The van der Waals surface area contributed by atoms with Gasteiger partial charge in [0, 0.05) is 18.7 Å². The van der Waals surface area contributed by atoms with Crippen molar-refractivity contribution in [1.82, 2.24) is 5.32 Å². The molecule has 2 aromatic rings. The highest BCUT2D eigenvalue weighted by Gasteiger charge is 2.28. The van der Waals surface area contributed by atoms with Gasteiger partial charge in [0.2, 0.25) is 0 Å². The second-order valence-electron chi connectivity index (χ2n) is 6.65. The summed E-state index contributed by atoms with van der Waals surface area (Å²) in [5.41, 5.74) is 1.78. The van der Waals surface area contributed by atoms with Gasteiger partial charge in [-0.2, -0.15) is 0 Å². The number of nitro groups is 1. The predicted molar refractivity (Wildman–Crippen MR) is 101 cm³/mol. The molecule has 0 bridgehead atoms. The summed E-state index contributed by atoms with van der Waals surface area (Å²) in [6.07, 6.45) is 4.59. The molecule has 6 nitrogen and oxygen atoms in total. The van der Waals surface area contributed by atoms with E-state index in [-0.39, 0.29) is 23.2 Å². The van der Waals surface area contributed by atoms with Gasteiger partial charge in [-0.15, -0.1) is 0 Å². The first-order valence-corrected chi connectivity index (χ1v) is 8.92. The number of anilines is 1. The highest BCUT2D eigenvalue weighted by Crippen LogP contribution is 2.39. The van der Waals surface area contributed by atoms with Gasteiger partial charge in [0.1, 0.15) is 5.69 Å². The molecule has 6 heteroatoms. The molecule has 1 atom stereocenters. The topological polar surface area (TPSA) is 84.3 Å². The van der Waals surface area contributed by atoms with E-state index in [0.717, 1.165) is 18.4 Å². The van der Waals surface area contributed by atoms with Crippen molar-refractivity contribution < 1.29 is 9.72 Å². The molecule has 0 aliphatic heterocycles. The van der Waals surface area contributed by atoms with Crippen LogP contribution in [-0.2, 0) is 0 Å². The van der Waals surface area contributed by atoms with Crippen LogP contribution >= 0.6 is 0 Å². The molecule has 1 amide bonds. The smallest absolute Gasteiger partial charge is 0.293 e. The lowest BCUT2D eigenvalue weighted by Gasteiger charge is -2.26. The first-order chi connectivity index (χ1) is 12.6. The molecule has 26 heavy (non-hydrogen) atoms. The molecule has 0 spiro atoms. The first kappa shape index (κ1) is 17.9. The van der Waals surface area contributed by atoms with Crippen LogP contribution in [0.15, 0.2) is 48.5 Å². The predicted octanol–water partition coefficient (Wildman–Crippen LogP) is 4.30. The molecule has 3 rings (SSSR count). The minimum Gasteiger partial charge on any atom is -0.372 e. The molecule has 1 fully saturated rings. The van der Waals surface area contributed by atoms with E-state index >= 15 is 0 Å². The van der Waals surface area contributed by atoms with E-state index in [0.29, 0.717) is 11.6 Å². The molecule has 2 aromatic carbocycles. The second-order valence-corrected chi connectivity index (χ2v) is 6.65. The molecule has 0 heterocycles. The third-order valence-corrected chi connectivity index (χ3v) is 5.02. The number of rotatable bonds is 6. The first-order valence-electron chi connectivity index (χ1n) is 8.92. The number of benzene rings is 2. The molecule has 1 aliphatic carbocycles. The zero-order chi connectivity index (χ0) is 18.5. The van der Waals surface area contributed by atoms with Crippen LogP contribution in [0.3, 0.4) is 0 Å². The Kier molecular flexibility index (Phi) is 5.51. The second kappa shape index (κ2) is 7.99. The van der Waals surface area contributed by atoms with Gasteiger partial charge >= 0.3 is 0 Å². The molecule has 2 N–H and O–H groups in total. The highest BCUT2D eigenvalue weighted by molar-refractivity contribution is 5.95. The van der Waals surface area contributed by atoms with Gasteiger partial charge in [0.15, 0.2) is 0 Å². The summed E-state index contributed by atoms with van der Waals surface area (Å²) in [6.45, 7) is 0. The number of carbonyl (C=O) groups is 1. The normalized spacial score (nSPS) is 15.4. The van der Waals surface area contributed by atoms with Crippen LogP contribution in [-0.4, -0.2) is 17.9 Å². The Morgan fingerprint density at radius 3 is 2.46 bits per heavy atom. The Morgan fingerprint density at radius 1 is 1.15 bits per heavy atom. The minimum absolute atomic E-state index is 0.0169. The Bertz CT molecular complexity index is 786. The van der Waals surface area contributed by atoms with Crippen LogP contribution in [0.4, 0.5) is 11.4 Å². The molecule has 1 aliphatic rings. The number of nitrogens with one attached hydrogen (secondary N) is 2. The van der Waals surface area contributed by atoms with Crippen LogP contribution < -0.4 is 10.6 Å². The lowest BCUT2D eigenvalue weighted by molar-refractivity contribution is -0.384. The number of amides is 1. The number of nitro benzene ring substituents is 1. The minimum atomic E-state index is -0.439.